The number of carbonyl (C=O) groups excluding carboxylic acids is 1. The first-order valence-electron chi connectivity index (χ1n) is 5.41. The second-order valence-electron chi connectivity index (χ2n) is 4.02. The van der Waals surface area contributed by atoms with Crippen LogP contribution in [-0.2, 0) is 0 Å². The van der Waals surface area contributed by atoms with Gasteiger partial charge in [0.05, 0.1) is 17.8 Å². The molecule has 0 aliphatic heterocycles. The van der Waals surface area contributed by atoms with Crippen LogP contribution in [0, 0.1) is 6.92 Å². The molecular weight excluding hydrogens is 234 g/mol. The van der Waals surface area contributed by atoms with Crippen molar-refractivity contribution in [1.29, 1.82) is 0 Å². The molecule has 0 saturated heterocycles. The molecule has 2 rings (SSSR count). The minimum Gasteiger partial charge on any atom is -0.334 e. The van der Waals surface area contributed by atoms with E-state index >= 15 is 0 Å². The van der Waals surface area contributed by atoms with Crippen LogP contribution in [0.15, 0.2) is 23.7 Å². The second kappa shape index (κ2) is 4.71. The van der Waals surface area contributed by atoms with Gasteiger partial charge in [-0.2, -0.15) is 5.10 Å². The minimum absolute atomic E-state index is 0.00264. The van der Waals surface area contributed by atoms with E-state index in [-0.39, 0.29) is 11.9 Å². The Morgan fingerprint density at radius 1 is 1.59 bits per heavy atom. The number of aromatic amines is 1. The molecule has 0 fully saturated rings. The molecule has 17 heavy (non-hydrogen) atoms. The number of thiophene rings is 1. The number of hydrogen-bond donors (Lipinski definition) is 1. The molecule has 1 atom stereocenters. The maximum atomic E-state index is 12.2. The van der Waals surface area contributed by atoms with Crippen LogP contribution in [0.4, 0.5) is 0 Å². The lowest BCUT2D eigenvalue weighted by molar-refractivity contribution is 0.0744. The number of aromatic nitrogens is 2. The fourth-order valence-corrected chi connectivity index (χ4v) is 2.48. The van der Waals surface area contributed by atoms with Crippen molar-refractivity contribution >= 4 is 17.2 Å². The Balaban J connectivity index is 2.18. The van der Waals surface area contributed by atoms with Gasteiger partial charge in [0.1, 0.15) is 0 Å². The first-order chi connectivity index (χ1) is 8.11. The predicted molar refractivity (Wildman–Crippen MR) is 68.2 cm³/mol. The molecule has 2 aromatic rings. The Morgan fingerprint density at radius 3 is 2.88 bits per heavy atom. The fraction of sp³-hybridized carbons (Fsp3) is 0.333. The number of H-pyrrole nitrogens is 1. The van der Waals surface area contributed by atoms with Crippen molar-refractivity contribution in [3.8, 4) is 0 Å². The molecule has 90 valence electrons. The topological polar surface area (TPSA) is 49.0 Å². The van der Waals surface area contributed by atoms with Crippen molar-refractivity contribution in [2.75, 3.05) is 7.05 Å². The van der Waals surface area contributed by atoms with Crippen molar-refractivity contribution in [2.45, 2.75) is 19.9 Å². The highest BCUT2D eigenvalue weighted by atomic mass is 32.1. The van der Waals surface area contributed by atoms with E-state index in [2.05, 4.69) is 10.2 Å². The van der Waals surface area contributed by atoms with E-state index in [0.29, 0.717) is 5.56 Å². The van der Waals surface area contributed by atoms with Crippen LogP contribution in [-0.4, -0.2) is 28.1 Å². The van der Waals surface area contributed by atoms with Crippen LogP contribution >= 0.6 is 11.3 Å². The van der Waals surface area contributed by atoms with Crippen molar-refractivity contribution < 1.29 is 4.79 Å². The summed E-state index contributed by atoms with van der Waals surface area (Å²) in [6.45, 7) is 3.88. The second-order valence-corrected chi connectivity index (χ2v) is 5.00. The van der Waals surface area contributed by atoms with Crippen LogP contribution < -0.4 is 0 Å². The van der Waals surface area contributed by atoms with Gasteiger partial charge >= 0.3 is 0 Å². The smallest absolute Gasteiger partial charge is 0.257 e. The molecule has 2 aromatic heterocycles. The zero-order valence-corrected chi connectivity index (χ0v) is 10.9. The lowest BCUT2D eigenvalue weighted by atomic mass is 10.2. The molecule has 0 saturated carbocycles. The monoisotopic (exact) mass is 249 g/mol. The molecule has 0 aromatic carbocycles. The first kappa shape index (κ1) is 11.9. The number of nitrogens with zero attached hydrogens (tertiary/aromatic N) is 2. The van der Waals surface area contributed by atoms with Gasteiger partial charge in [-0.15, -0.1) is 11.3 Å². The zero-order valence-electron chi connectivity index (χ0n) is 10.1. The largest absolute Gasteiger partial charge is 0.334 e. The van der Waals surface area contributed by atoms with E-state index < -0.39 is 0 Å². The van der Waals surface area contributed by atoms with Gasteiger partial charge in [0.15, 0.2) is 0 Å². The number of amides is 1. The number of hydrogen-bond acceptors (Lipinski definition) is 3. The van der Waals surface area contributed by atoms with E-state index in [1.165, 1.54) is 4.88 Å². The Kier molecular flexibility index (Phi) is 3.28. The van der Waals surface area contributed by atoms with Crippen LogP contribution in [0.25, 0.3) is 0 Å². The van der Waals surface area contributed by atoms with E-state index in [1.807, 2.05) is 38.4 Å². The van der Waals surface area contributed by atoms with Gasteiger partial charge in [0.2, 0.25) is 0 Å². The molecule has 4 nitrogen and oxygen atoms in total. The number of nitrogens with one attached hydrogen (secondary N) is 1. The molecule has 0 bridgehead atoms. The van der Waals surface area contributed by atoms with Gasteiger partial charge in [-0.05, 0) is 25.3 Å². The average molecular weight is 249 g/mol. The Morgan fingerprint density at radius 2 is 2.35 bits per heavy atom. The quantitative estimate of drug-likeness (QED) is 0.909. The summed E-state index contributed by atoms with van der Waals surface area (Å²) in [7, 11) is 1.82. The van der Waals surface area contributed by atoms with Gasteiger partial charge in [-0.1, -0.05) is 6.07 Å². The molecule has 1 unspecified atom stereocenters. The summed E-state index contributed by atoms with van der Waals surface area (Å²) in [6, 6.07) is 4.12. The molecule has 1 N–H and O–H groups in total. The summed E-state index contributed by atoms with van der Waals surface area (Å²) in [5.41, 5.74) is 1.44. The van der Waals surface area contributed by atoms with Gasteiger partial charge in [-0.3, -0.25) is 9.89 Å². The molecule has 5 heteroatoms. The SMILES string of the molecule is Cc1[nH]ncc1C(=O)N(C)C(C)c1cccs1. The van der Waals surface area contributed by atoms with Gasteiger partial charge in [-0.25, -0.2) is 0 Å². The Bertz CT molecular complexity index is 504. The van der Waals surface area contributed by atoms with Crippen molar-refractivity contribution in [1.82, 2.24) is 15.1 Å². The third-order valence-corrected chi connectivity index (χ3v) is 3.96. The maximum absolute atomic E-state index is 12.2. The number of rotatable bonds is 3. The molecule has 2 heterocycles. The van der Waals surface area contributed by atoms with Crippen molar-refractivity contribution in [3.05, 3.63) is 39.8 Å². The van der Waals surface area contributed by atoms with Crippen LogP contribution in [0.5, 0.6) is 0 Å². The predicted octanol–water partition coefficient (Wildman–Crippen LogP) is 2.61. The zero-order chi connectivity index (χ0) is 12.4. The fourth-order valence-electron chi connectivity index (χ4n) is 1.65. The molecule has 0 spiro atoms. The maximum Gasteiger partial charge on any atom is 0.257 e. The number of aryl methyl sites for hydroxylation is 1. The highest BCUT2D eigenvalue weighted by molar-refractivity contribution is 7.10. The highest BCUT2D eigenvalue weighted by Gasteiger charge is 2.21. The summed E-state index contributed by atoms with van der Waals surface area (Å²) in [5.74, 6) is -0.00264. The molecule has 0 aliphatic rings. The summed E-state index contributed by atoms with van der Waals surface area (Å²) < 4.78 is 0. The minimum atomic E-state index is -0.00264. The molecule has 1 amide bonds. The van der Waals surface area contributed by atoms with E-state index in [4.69, 9.17) is 0 Å². The Hall–Kier alpha value is -1.62. The third kappa shape index (κ3) is 2.24. The molecule has 0 aliphatic carbocycles. The summed E-state index contributed by atoms with van der Waals surface area (Å²) in [5, 5.41) is 8.68. The summed E-state index contributed by atoms with van der Waals surface area (Å²) in [4.78, 5) is 15.2. The third-order valence-electron chi connectivity index (χ3n) is 2.92. The molecule has 0 radical (unpaired) electrons. The summed E-state index contributed by atoms with van der Waals surface area (Å²) >= 11 is 1.66. The van der Waals surface area contributed by atoms with Gasteiger partial charge in [0, 0.05) is 17.6 Å². The van der Waals surface area contributed by atoms with Crippen LogP contribution in [0.1, 0.15) is 33.9 Å². The average Bonchev–Trinajstić information content (AvgIpc) is 2.96. The van der Waals surface area contributed by atoms with Crippen LogP contribution in [0.2, 0.25) is 0 Å². The molecular formula is C12H15N3OS. The first-order valence-corrected chi connectivity index (χ1v) is 6.29. The van der Waals surface area contributed by atoms with Crippen molar-refractivity contribution in [3.63, 3.8) is 0 Å². The van der Waals surface area contributed by atoms with Gasteiger partial charge in [0.25, 0.3) is 5.91 Å². The lowest BCUT2D eigenvalue weighted by Crippen LogP contribution is -2.29. The summed E-state index contributed by atoms with van der Waals surface area (Å²) in [6.07, 6.45) is 1.58. The number of carbonyl (C=O) groups is 1. The highest BCUT2D eigenvalue weighted by Crippen LogP contribution is 2.24. The lowest BCUT2D eigenvalue weighted by Gasteiger charge is -2.23. The van der Waals surface area contributed by atoms with E-state index in [9.17, 15) is 4.79 Å². The standard InChI is InChI=1S/C12H15N3OS/c1-8-10(7-13-14-8)12(16)15(3)9(2)11-5-4-6-17-11/h4-7,9H,1-3H3,(H,13,14). The Labute approximate surface area is 104 Å². The van der Waals surface area contributed by atoms with Crippen LogP contribution in [0.3, 0.4) is 0 Å². The van der Waals surface area contributed by atoms with Gasteiger partial charge < -0.3 is 4.90 Å². The van der Waals surface area contributed by atoms with E-state index in [0.717, 1.165) is 5.69 Å². The van der Waals surface area contributed by atoms with E-state index in [1.54, 1.807) is 22.4 Å². The normalized spacial score (nSPS) is 12.4. The van der Waals surface area contributed by atoms with Crippen molar-refractivity contribution in [2.24, 2.45) is 0 Å².